The van der Waals surface area contributed by atoms with E-state index in [9.17, 15) is 4.79 Å². The van der Waals surface area contributed by atoms with Crippen LogP contribution in [0.5, 0.6) is 0 Å². The van der Waals surface area contributed by atoms with Gasteiger partial charge in [0.2, 0.25) is 6.41 Å². The Morgan fingerprint density at radius 1 is 1.82 bits per heavy atom. The number of carbonyl (C=O) groups excluding carboxylic acids is 1. The molecular weight excluding hydrogens is 184 g/mol. The molecule has 1 aromatic rings. The lowest BCUT2D eigenvalue weighted by atomic mass is 10.3. The van der Waals surface area contributed by atoms with Crippen LogP contribution in [-0.4, -0.2) is 6.41 Å². The van der Waals surface area contributed by atoms with Crippen LogP contribution in [0.15, 0.2) is 5.38 Å². The molecule has 56 valence electrons. The van der Waals surface area contributed by atoms with Gasteiger partial charge in [0.25, 0.3) is 0 Å². The van der Waals surface area contributed by atoms with E-state index < -0.39 is 0 Å². The topological polar surface area (TPSA) is 52.9 Å². The second kappa shape index (κ2) is 3.37. The number of rotatable bonds is 2. The molecule has 1 rings (SSSR count). The summed E-state index contributed by atoms with van der Waals surface area (Å²) in [5.41, 5.74) is 0.323. The van der Waals surface area contributed by atoms with Gasteiger partial charge in [0.05, 0.1) is 5.02 Å². The van der Waals surface area contributed by atoms with Gasteiger partial charge in [0.1, 0.15) is 16.6 Å². The molecular formula is C6H3ClN2OS. The van der Waals surface area contributed by atoms with Gasteiger partial charge in [-0.1, -0.05) is 11.6 Å². The fraction of sp³-hybridized carbons (Fsp3) is 0. The number of nitrogens with zero attached hydrogens (tertiary/aromatic N) is 1. The standard InChI is InChI=1S/C6H3ClN2OS/c7-5-2-11-6(9-3-10)4(5)1-8/h2-3H,(H,9,10). The number of nitrogens with one attached hydrogen (secondary N) is 1. The largest absolute Gasteiger partial charge is 0.319 e. The number of carbonyl (C=O) groups is 1. The number of hydrogen-bond donors (Lipinski definition) is 1. The Morgan fingerprint density at radius 3 is 3.09 bits per heavy atom. The second-order valence-electron chi connectivity index (χ2n) is 1.66. The molecule has 1 N–H and O–H groups in total. The summed E-state index contributed by atoms with van der Waals surface area (Å²) in [6.45, 7) is 0. The van der Waals surface area contributed by atoms with Crippen LogP contribution in [0.4, 0.5) is 5.00 Å². The van der Waals surface area contributed by atoms with Crippen molar-refractivity contribution < 1.29 is 4.79 Å². The number of thiophene rings is 1. The van der Waals surface area contributed by atoms with Crippen LogP contribution >= 0.6 is 22.9 Å². The lowest BCUT2D eigenvalue weighted by Gasteiger charge is -1.90. The summed E-state index contributed by atoms with van der Waals surface area (Å²) in [6, 6.07) is 1.89. The molecule has 0 aliphatic rings. The van der Waals surface area contributed by atoms with E-state index in [1.54, 1.807) is 5.38 Å². The fourth-order valence-corrected chi connectivity index (χ4v) is 1.66. The van der Waals surface area contributed by atoms with E-state index in [-0.39, 0.29) is 0 Å². The Kier molecular flexibility index (Phi) is 2.47. The summed E-state index contributed by atoms with van der Waals surface area (Å²) in [4.78, 5) is 9.99. The first-order valence-corrected chi connectivity index (χ1v) is 3.92. The maximum absolute atomic E-state index is 9.99. The average Bonchev–Trinajstić information content (AvgIpc) is 2.33. The number of nitriles is 1. The van der Waals surface area contributed by atoms with Crippen molar-refractivity contribution in [3.8, 4) is 6.07 Å². The average molecular weight is 187 g/mol. The maximum atomic E-state index is 9.99. The molecule has 0 aromatic carbocycles. The van der Waals surface area contributed by atoms with Gasteiger partial charge >= 0.3 is 0 Å². The Balaban J connectivity index is 3.07. The minimum absolute atomic E-state index is 0.323. The molecule has 0 fully saturated rings. The van der Waals surface area contributed by atoms with Crippen molar-refractivity contribution in [2.75, 3.05) is 5.32 Å². The van der Waals surface area contributed by atoms with E-state index in [1.165, 1.54) is 11.3 Å². The highest BCUT2D eigenvalue weighted by molar-refractivity contribution is 7.15. The summed E-state index contributed by atoms with van der Waals surface area (Å²) in [5, 5.41) is 13.4. The van der Waals surface area contributed by atoms with Crippen LogP contribution in [-0.2, 0) is 4.79 Å². The van der Waals surface area contributed by atoms with Crippen molar-refractivity contribution in [1.29, 1.82) is 5.26 Å². The third-order valence-electron chi connectivity index (χ3n) is 1.05. The summed E-state index contributed by atoms with van der Waals surface area (Å²) >= 11 is 6.84. The Hall–Kier alpha value is -1.05. The summed E-state index contributed by atoms with van der Waals surface area (Å²) in [7, 11) is 0. The molecule has 0 spiro atoms. The maximum Gasteiger partial charge on any atom is 0.212 e. The predicted octanol–water partition coefficient (Wildman–Crippen LogP) is 1.84. The smallest absolute Gasteiger partial charge is 0.212 e. The SMILES string of the molecule is N#Cc1c(Cl)csc1NC=O. The van der Waals surface area contributed by atoms with Crippen molar-refractivity contribution in [3.05, 3.63) is 16.0 Å². The molecule has 0 atom stereocenters. The molecule has 3 nitrogen and oxygen atoms in total. The molecule has 0 aliphatic carbocycles. The zero-order valence-corrected chi connectivity index (χ0v) is 6.87. The first kappa shape index (κ1) is 8.05. The van der Waals surface area contributed by atoms with Crippen molar-refractivity contribution in [2.24, 2.45) is 0 Å². The van der Waals surface area contributed by atoms with Crippen LogP contribution in [0.2, 0.25) is 5.02 Å². The van der Waals surface area contributed by atoms with Gasteiger partial charge in [0.15, 0.2) is 0 Å². The second-order valence-corrected chi connectivity index (χ2v) is 2.95. The zero-order valence-electron chi connectivity index (χ0n) is 5.30. The van der Waals surface area contributed by atoms with Crippen molar-refractivity contribution in [3.63, 3.8) is 0 Å². The van der Waals surface area contributed by atoms with E-state index in [4.69, 9.17) is 16.9 Å². The normalized spacial score (nSPS) is 8.73. The third kappa shape index (κ3) is 1.50. The molecule has 0 saturated heterocycles. The minimum atomic E-state index is 0.323. The first-order chi connectivity index (χ1) is 5.29. The van der Waals surface area contributed by atoms with Gasteiger partial charge in [-0.2, -0.15) is 5.26 Å². The summed E-state index contributed by atoms with van der Waals surface area (Å²) < 4.78 is 0. The monoisotopic (exact) mass is 186 g/mol. The van der Waals surface area contributed by atoms with E-state index in [0.717, 1.165) is 0 Å². The minimum Gasteiger partial charge on any atom is -0.319 e. The van der Waals surface area contributed by atoms with Gasteiger partial charge in [-0.05, 0) is 0 Å². The highest BCUT2D eigenvalue weighted by atomic mass is 35.5. The number of anilines is 1. The third-order valence-corrected chi connectivity index (χ3v) is 2.39. The predicted molar refractivity (Wildman–Crippen MR) is 43.7 cm³/mol. The lowest BCUT2D eigenvalue weighted by molar-refractivity contribution is -0.105. The van der Waals surface area contributed by atoms with E-state index in [1.807, 2.05) is 6.07 Å². The van der Waals surface area contributed by atoms with Crippen molar-refractivity contribution >= 4 is 34.3 Å². The fourth-order valence-electron chi connectivity index (χ4n) is 0.601. The Bertz CT molecular complexity index is 315. The summed E-state index contributed by atoms with van der Waals surface area (Å²) in [6.07, 6.45) is 0.517. The Labute approximate surface area is 72.2 Å². The molecule has 0 radical (unpaired) electrons. The molecule has 5 heteroatoms. The van der Waals surface area contributed by atoms with Gasteiger partial charge < -0.3 is 5.32 Å². The molecule has 1 heterocycles. The van der Waals surface area contributed by atoms with Crippen LogP contribution in [0.25, 0.3) is 0 Å². The van der Waals surface area contributed by atoms with E-state index >= 15 is 0 Å². The van der Waals surface area contributed by atoms with Crippen molar-refractivity contribution in [2.45, 2.75) is 0 Å². The molecule has 11 heavy (non-hydrogen) atoms. The van der Waals surface area contributed by atoms with Gasteiger partial charge in [-0.25, -0.2) is 0 Å². The summed E-state index contributed by atoms with van der Waals surface area (Å²) in [5.74, 6) is 0. The van der Waals surface area contributed by atoms with Gasteiger partial charge in [0, 0.05) is 5.38 Å². The Morgan fingerprint density at radius 2 is 2.55 bits per heavy atom. The highest BCUT2D eigenvalue weighted by Gasteiger charge is 2.07. The highest BCUT2D eigenvalue weighted by Crippen LogP contribution is 2.30. The molecule has 0 aliphatic heterocycles. The number of hydrogen-bond acceptors (Lipinski definition) is 3. The van der Waals surface area contributed by atoms with Crippen molar-refractivity contribution in [1.82, 2.24) is 0 Å². The number of amides is 1. The quantitative estimate of drug-likeness (QED) is 0.717. The van der Waals surface area contributed by atoms with E-state index in [0.29, 0.717) is 22.0 Å². The van der Waals surface area contributed by atoms with Crippen LogP contribution in [0.3, 0.4) is 0 Å². The molecule has 0 unspecified atom stereocenters. The van der Waals surface area contributed by atoms with Crippen LogP contribution < -0.4 is 5.32 Å². The van der Waals surface area contributed by atoms with Gasteiger partial charge in [-0.15, -0.1) is 11.3 Å². The molecule has 1 amide bonds. The molecule has 0 bridgehead atoms. The lowest BCUT2D eigenvalue weighted by Crippen LogP contribution is -1.92. The number of halogens is 1. The van der Waals surface area contributed by atoms with Gasteiger partial charge in [-0.3, -0.25) is 4.79 Å². The van der Waals surface area contributed by atoms with E-state index in [2.05, 4.69) is 5.32 Å². The zero-order chi connectivity index (χ0) is 8.27. The first-order valence-electron chi connectivity index (χ1n) is 2.67. The molecule has 1 aromatic heterocycles. The van der Waals surface area contributed by atoms with Crippen LogP contribution in [0, 0.1) is 11.3 Å². The van der Waals surface area contributed by atoms with Crippen LogP contribution in [0.1, 0.15) is 5.56 Å². The molecule has 0 saturated carbocycles.